The van der Waals surface area contributed by atoms with Crippen molar-refractivity contribution < 1.29 is 19.7 Å². The average Bonchev–Trinajstić information content (AvgIpc) is 2.83. The lowest BCUT2D eigenvalue weighted by atomic mass is 10.4. The molecule has 0 saturated carbocycles. The summed E-state index contributed by atoms with van der Waals surface area (Å²) in [6, 6.07) is 0. The van der Waals surface area contributed by atoms with Crippen LogP contribution in [0.1, 0.15) is 19.8 Å². The fraction of sp³-hybridized carbons (Fsp3) is 0.500. The Morgan fingerprint density at radius 2 is 2.27 bits per heavy atom. The molecule has 0 radical (unpaired) electrons. The SMILES string of the molecule is CCCC(=O)O.Nc1nc2c(ncn2COCCO)c(=O)[nH]1. The van der Waals surface area contributed by atoms with Crippen LogP contribution in [-0.4, -0.2) is 48.9 Å². The number of anilines is 1. The van der Waals surface area contributed by atoms with E-state index >= 15 is 0 Å². The Balaban J connectivity index is 0.000000346. The molecular formula is C12H19N5O5. The number of rotatable bonds is 6. The Morgan fingerprint density at radius 1 is 1.55 bits per heavy atom. The number of nitrogens with one attached hydrogen (secondary N) is 1. The van der Waals surface area contributed by atoms with E-state index in [1.54, 1.807) is 0 Å². The largest absolute Gasteiger partial charge is 0.481 e. The molecule has 2 aromatic rings. The first kappa shape index (κ1) is 17.6. The number of nitrogen functional groups attached to an aromatic ring is 1. The highest BCUT2D eigenvalue weighted by Crippen LogP contribution is 2.05. The van der Waals surface area contributed by atoms with Crippen LogP contribution in [0, 0.1) is 0 Å². The molecule has 0 aliphatic heterocycles. The van der Waals surface area contributed by atoms with Gasteiger partial charge in [-0.15, -0.1) is 0 Å². The highest BCUT2D eigenvalue weighted by molar-refractivity contribution is 5.70. The van der Waals surface area contributed by atoms with Crippen LogP contribution in [0.25, 0.3) is 11.2 Å². The van der Waals surface area contributed by atoms with Gasteiger partial charge in [0.1, 0.15) is 6.73 Å². The molecule has 0 atom stereocenters. The number of aliphatic carboxylic acids is 1. The number of H-pyrrole nitrogens is 1. The van der Waals surface area contributed by atoms with Gasteiger partial charge in [-0.05, 0) is 6.42 Å². The van der Waals surface area contributed by atoms with E-state index in [1.807, 2.05) is 6.92 Å². The van der Waals surface area contributed by atoms with Gasteiger partial charge in [0.05, 0.1) is 19.5 Å². The monoisotopic (exact) mass is 313 g/mol. The summed E-state index contributed by atoms with van der Waals surface area (Å²) in [5, 5.41) is 16.5. The number of carbonyl (C=O) groups is 1. The van der Waals surface area contributed by atoms with Crippen LogP contribution in [0.5, 0.6) is 0 Å². The van der Waals surface area contributed by atoms with Gasteiger partial charge in [-0.3, -0.25) is 19.1 Å². The number of carboxylic acid groups (broad SMARTS) is 1. The molecule has 2 rings (SSSR count). The number of fused-ring (bicyclic) bond motifs is 1. The van der Waals surface area contributed by atoms with E-state index in [0.29, 0.717) is 12.1 Å². The van der Waals surface area contributed by atoms with E-state index in [0.717, 1.165) is 6.42 Å². The van der Waals surface area contributed by atoms with Crippen LogP contribution in [0.2, 0.25) is 0 Å². The predicted molar refractivity (Wildman–Crippen MR) is 78.1 cm³/mol. The Kier molecular flexibility index (Phi) is 6.99. The standard InChI is InChI=1S/C8H11N5O3.C4H8O2/c9-8-11-6-5(7(15)12-8)10-3-13(6)4-16-2-1-14;1-2-3-4(5)6/h3,14H,1-2,4H2,(H3,9,11,12,15);2-3H2,1H3,(H,5,6). The molecule has 0 amide bonds. The van der Waals surface area contributed by atoms with Gasteiger partial charge in [0, 0.05) is 6.42 Å². The molecule has 0 aliphatic rings. The van der Waals surface area contributed by atoms with Crippen LogP contribution in [-0.2, 0) is 16.3 Å². The molecule has 2 heterocycles. The van der Waals surface area contributed by atoms with Gasteiger partial charge < -0.3 is 20.7 Å². The number of ether oxygens (including phenoxy) is 1. The van der Waals surface area contributed by atoms with Crippen LogP contribution in [0.4, 0.5) is 5.95 Å². The van der Waals surface area contributed by atoms with E-state index in [4.69, 9.17) is 20.7 Å². The summed E-state index contributed by atoms with van der Waals surface area (Å²) in [7, 11) is 0. The Bertz CT molecular complexity index is 665. The van der Waals surface area contributed by atoms with Gasteiger partial charge in [-0.25, -0.2) is 4.98 Å². The van der Waals surface area contributed by atoms with Gasteiger partial charge in [0.2, 0.25) is 5.95 Å². The molecule has 0 spiro atoms. The molecule has 0 aromatic carbocycles. The minimum absolute atomic E-state index is 0.0291. The molecule has 10 heteroatoms. The van der Waals surface area contributed by atoms with Crippen molar-refractivity contribution in [1.29, 1.82) is 0 Å². The fourth-order valence-corrected chi connectivity index (χ4v) is 1.51. The number of imidazole rings is 1. The van der Waals surface area contributed by atoms with Gasteiger partial charge in [0.15, 0.2) is 11.2 Å². The highest BCUT2D eigenvalue weighted by Gasteiger charge is 2.08. The zero-order valence-corrected chi connectivity index (χ0v) is 12.2. The Morgan fingerprint density at radius 3 is 2.82 bits per heavy atom. The summed E-state index contributed by atoms with van der Waals surface area (Å²) in [6.07, 6.45) is 2.46. The van der Waals surface area contributed by atoms with E-state index in [9.17, 15) is 9.59 Å². The minimum atomic E-state index is -0.711. The molecule has 0 unspecified atom stereocenters. The zero-order valence-electron chi connectivity index (χ0n) is 12.2. The van der Waals surface area contributed by atoms with E-state index in [1.165, 1.54) is 10.9 Å². The van der Waals surface area contributed by atoms with E-state index < -0.39 is 5.97 Å². The van der Waals surface area contributed by atoms with Crippen molar-refractivity contribution in [1.82, 2.24) is 19.5 Å². The first-order valence-electron chi connectivity index (χ1n) is 6.60. The Labute approximate surface area is 125 Å². The first-order valence-corrected chi connectivity index (χ1v) is 6.60. The number of aliphatic hydroxyl groups is 1. The molecule has 2 aromatic heterocycles. The van der Waals surface area contributed by atoms with Crippen LogP contribution in [0.15, 0.2) is 11.1 Å². The summed E-state index contributed by atoms with van der Waals surface area (Å²) in [4.78, 5) is 31.2. The van der Waals surface area contributed by atoms with Gasteiger partial charge >= 0.3 is 5.97 Å². The van der Waals surface area contributed by atoms with Crippen molar-refractivity contribution in [2.45, 2.75) is 26.5 Å². The maximum atomic E-state index is 11.4. The molecule has 0 aliphatic carbocycles. The third kappa shape index (κ3) is 5.14. The van der Waals surface area contributed by atoms with Crippen LogP contribution >= 0.6 is 0 Å². The second-order valence-corrected chi connectivity index (χ2v) is 4.24. The predicted octanol–water partition coefficient (Wildman–Crippen LogP) is -0.461. The number of hydrogen-bond donors (Lipinski definition) is 4. The Hall–Kier alpha value is -2.46. The number of aliphatic hydroxyl groups excluding tert-OH is 1. The van der Waals surface area contributed by atoms with Crippen molar-refractivity contribution in [3.8, 4) is 0 Å². The van der Waals surface area contributed by atoms with Gasteiger partial charge in [-0.1, -0.05) is 6.92 Å². The van der Waals surface area contributed by atoms with Gasteiger partial charge in [-0.2, -0.15) is 4.98 Å². The van der Waals surface area contributed by atoms with Crippen molar-refractivity contribution >= 4 is 23.1 Å². The third-order valence-electron chi connectivity index (χ3n) is 2.42. The van der Waals surface area contributed by atoms with Crippen molar-refractivity contribution in [3.05, 3.63) is 16.7 Å². The summed E-state index contributed by atoms with van der Waals surface area (Å²) in [6.45, 7) is 2.14. The molecule has 0 bridgehead atoms. The number of hydrogen-bond acceptors (Lipinski definition) is 7. The number of nitrogens with zero attached hydrogens (tertiary/aromatic N) is 3. The summed E-state index contributed by atoms with van der Waals surface area (Å²) >= 11 is 0. The molecule has 22 heavy (non-hydrogen) atoms. The van der Waals surface area contributed by atoms with Crippen molar-refractivity contribution in [2.24, 2.45) is 0 Å². The molecule has 5 N–H and O–H groups in total. The molecular weight excluding hydrogens is 294 g/mol. The maximum Gasteiger partial charge on any atom is 0.303 e. The number of carboxylic acids is 1. The number of aromatic nitrogens is 4. The van der Waals surface area contributed by atoms with Crippen molar-refractivity contribution in [2.75, 3.05) is 18.9 Å². The number of aromatic amines is 1. The second kappa shape index (κ2) is 8.74. The van der Waals surface area contributed by atoms with Crippen molar-refractivity contribution in [3.63, 3.8) is 0 Å². The lowest BCUT2D eigenvalue weighted by molar-refractivity contribution is -0.137. The smallest absolute Gasteiger partial charge is 0.303 e. The fourth-order valence-electron chi connectivity index (χ4n) is 1.51. The second-order valence-electron chi connectivity index (χ2n) is 4.24. The third-order valence-corrected chi connectivity index (χ3v) is 2.42. The van der Waals surface area contributed by atoms with Gasteiger partial charge in [0.25, 0.3) is 5.56 Å². The lowest BCUT2D eigenvalue weighted by Crippen LogP contribution is -2.13. The lowest BCUT2D eigenvalue weighted by Gasteiger charge is -2.03. The average molecular weight is 313 g/mol. The summed E-state index contributed by atoms with van der Waals surface area (Å²) in [5.41, 5.74) is 5.60. The van der Waals surface area contributed by atoms with E-state index in [2.05, 4.69) is 15.0 Å². The quantitative estimate of drug-likeness (QED) is 0.522. The number of nitrogens with two attached hydrogens (primary N) is 1. The maximum absolute atomic E-state index is 11.4. The zero-order chi connectivity index (χ0) is 16.5. The van der Waals surface area contributed by atoms with Crippen LogP contribution in [0.3, 0.4) is 0 Å². The molecule has 0 saturated heterocycles. The van der Waals surface area contributed by atoms with Crippen LogP contribution < -0.4 is 11.3 Å². The summed E-state index contributed by atoms with van der Waals surface area (Å²) in [5.74, 6) is -0.682. The summed E-state index contributed by atoms with van der Waals surface area (Å²) < 4.78 is 6.63. The minimum Gasteiger partial charge on any atom is -0.481 e. The molecule has 122 valence electrons. The van der Waals surface area contributed by atoms with E-state index in [-0.39, 0.29) is 37.0 Å². The topological polar surface area (TPSA) is 156 Å². The molecule has 0 fully saturated rings. The molecule has 10 nitrogen and oxygen atoms in total. The highest BCUT2D eigenvalue weighted by atomic mass is 16.5. The first-order chi connectivity index (χ1) is 10.5. The normalized spacial score (nSPS) is 10.3.